The van der Waals surface area contributed by atoms with E-state index in [0.717, 1.165) is 38.2 Å². The summed E-state index contributed by atoms with van der Waals surface area (Å²) in [5.41, 5.74) is 1.14. The summed E-state index contributed by atoms with van der Waals surface area (Å²) in [6, 6.07) is 2.52. The highest BCUT2D eigenvalue weighted by atomic mass is 16.5. The lowest BCUT2D eigenvalue weighted by atomic mass is 9.92. The van der Waals surface area contributed by atoms with E-state index < -0.39 is 0 Å². The van der Waals surface area contributed by atoms with E-state index in [9.17, 15) is 0 Å². The van der Waals surface area contributed by atoms with E-state index in [1.54, 1.807) is 6.92 Å². The van der Waals surface area contributed by atoms with Gasteiger partial charge in [0.2, 0.25) is 5.89 Å². The molecular formula is C14H21N5O2. The molecule has 0 aromatic carbocycles. The smallest absolute Gasteiger partial charge is 0.315 e. The van der Waals surface area contributed by atoms with E-state index in [1.807, 2.05) is 16.9 Å². The van der Waals surface area contributed by atoms with Crippen molar-refractivity contribution in [3.8, 4) is 0 Å². The number of ether oxygens (including phenoxy) is 1. The molecule has 21 heavy (non-hydrogen) atoms. The van der Waals surface area contributed by atoms with Gasteiger partial charge in [-0.25, -0.2) is 0 Å². The van der Waals surface area contributed by atoms with Gasteiger partial charge in [-0.3, -0.25) is 4.68 Å². The lowest BCUT2D eigenvalue weighted by Crippen LogP contribution is -2.30. The highest BCUT2D eigenvalue weighted by Crippen LogP contribution is 2.33. The molecule has 2 aromatic heterocycles. The number of aryl methyl sites for hydroxylation is 2. The van der Waals surface area contributed by atoms with E-state index in [2.05, 4.69) is 27.5 Å². The van der Waals surface area contributed by atoms with Crippen molar-refractivity contribution < 1.29 is 9.15 Å². The van der Waals surface area contributed by atoms with E-state index >= 15 is 0 Å². The largest absolute Gasteiger partial charge is 0.408 e. The average molecular weight is 291 g/mol. The first-order chi connectivity index (χ1) is 10.3. The minimum atomic E-state index is 0.0673. The Kier molecular flexibility index (Phi) is 4.19. The molecule has 114 valence electrons. The maximum Gasteiger partial charge on any atom is 0.315 e. The van der Waals surface area contributed by atoms with Gasteiger partial charge in [-0.1, -0.05) is 5.10 Å². The Bertz CT molecular complexity index is 579. The van der Waals surface area contributed by atoms with Gasteiger partial charge in [0.1, 0.15) is 6.10 Å². The normalized spacial score (nSPS) is 22.4. The molecule has 0 aliphatic carbocycles. The van der Waals surface area contributed by atoms with E-state index in [-0.39, 0.29) is 6.10 Å². The molecule has 1 fully saturated rings. The minimum absolute atomic E-state index is 0.0673. The van der Waals surface area contributed by atoms with Gasteiger partial charge in [0.25, 0.3) is 0 Å². The second-order valence-corrected chi connectivity index (χ2v) is 5.27. The third kappa shape index (κ3) is 3.07. The van der Waals surface area contributed by atoms with Crippen LogP contribution >= 0.6 is 0 Å². The first-order valence-electron chi connectivity index (χ1n) is 7.45. The number of nitrogens with zero attached hydrogens (tertiary/aromatic N) is 4. The Morgan fingerprint density at radius 1 is 1.43 bits per heavy atom. The maximum absolute atomic E-state index is 6.00. The van der Waals surface area contributed by atoms with Crippen LogP contribution in [0.15, 0.2) is 16.7 Å². The molecule has 3 heterocycles. The fourth-order valence-corrected chi connectivity index (χ4v) is 2.81. The summed E-state index contributed by atoms with van der Waals surface area (Å²) in [5, 5.41) is 15.3. The van der Waals surface area contributed by atoms with Crippen LogP contribution < -0.4 is 5.32 Å². The molecule has 0 unspecified atom stereocenters. The molecule has 0 amide bonds. The van der Waals surface area contributed by atoms with E-state index in [4.69, 9.17) is 9.15 Å². The van der Waals surface area contributed by atoms with Crippen LogP contribution in [0.1, 0.15) is 37.5 Å². The van der Waals surface area contributed by atoms with Crippen molar-refractivity contribution >= 4 is 6.01 Å². The van der Waals surface area contributed by atoms with Crippen molar-refractivity contribution in [2.45, 2.75) is 39.3 Å². The molecule has 0 bridgehead atoms. The van der Waals surface area contributed by atoms with Crippen LogP contribution in [-0.4, -0.2) is 33.1 Å². The molecule has 1 saturated heterocycles. The van der Waals surface area contributed by atoms with Gasteiger partial charge in [0, 0.05) is 38.7 Å². The molecule has 1 aliphatic heterocycles. The number of aromatic nitrogens is 4. The van der Waals surface area contributed by atoms with Crippen molar-refractivity contribution in [2.75, 3.05) is 18.5 Å². The topological polar surface area (TPSA) is 78.0 Å². The molecule has 7 nitrogen and oxygen atoms in total. The Hall–Kier alpha value is -1.89. The van der Waals surface area contributed by atoms with Gasteiger partial charge in [-0.2, -0.15) is 5.10 Å². The number of nitrogens with one attached hydrogen (secondary N) is 1. The van der Waals surface area contributed by atoms with Crippen LogP contribution in [0.3, 0.4) is 0 Å². The molecule has 0 radical (unpaired) electrons. The Morgan fingerprint density at radius 2 is 2.33 bits per heavy atom. The van der Waals surface area contributed by atoms with Crippen LogP contribution in [0.2, 0.25) is 0 Å². The first kappa shape index (κ1) is 14.1. The molecule has 2 aromatic rings. The van der Waals surface area contributed by atoms with Crippen molar-refractivity contribution in [2.24, 2.45) is 5.92 Å². The van der Waals surface area contributed by atoms with Crippen LogP contribution in [0.25, 0.3) is 0 Å². The maximum atomic E-state index is 6.00. The zero-order valence-electron chi connectivity index (χ0n) is 12.5. The molecule has 1 N–H and O–H groups in total. The third-order valence-electron chi connectivity index (χ3n) is 3.83. The fourth-order valence-electron chi connectivity index (χ4n) is 2.81. The van der Waals surface area contributed by atoms with Crippen LogP contribution in [0.5, 0.6) is 0 Å². The van der Waals surface area contributed by atoms with Crippen LogP contribution in [0.4, 0.5) is 6.01 Å². The summed E-state index contributed by atoms with van der Waals surface area (Å²) in [7, 11) is 0. The fraction of sp³-hybridized carbons (Fsp3) is 0.643. The monoisotopic (exact) mass is 291 g/mol. The van der Waals surface area contributed by atoms with Crippen LogP contribution in [-0.2, 0) is 11.3 Å². The third-order valence-corrected chi connectivity index (χ3v) is 3.83. The van der Waals surface area contributed by atoms with Crippen molar-refractivity contribution in [1.29, 1.82) is 0 Å². The Balaban J connectivity index is 1.69. The average Bonchev–Trinajstić information content (AvgIpc) is 3.14. The summed E-state index contributed by atoms with van der Waals surface area (Å²) >= 11 is 0. The van der Waals surface area contributed by atoms with Gasteiger partial charge in [-0.15, -0.1) is 5.10 Å². The standard InChI is InChI=1S/C14H21N5O2/c1-3-19-12(6-7-16-19)13-11(5-4-8-20-13)9-15-14-18-17-10(2)21-14/h6-7,11,13H,3-5,8-9H2,1-2H3,(H,15,18)/t11-,13+/m0/s1. The molecular weight excluding hydrogens is 270 g/mol. The predicted molar refractivity (Wildman–Crippen MR) is 76.8 cm³/mol. The van der Waals surface area contributed by atoms with Crippen molar-refractivity contribution in [3.05, 3.63) is 23.8 Å². The highest BCUT2D eigenvalue weighted by Gasteiger charge is 2.30. The summed E-state index contributed by atoms with van der Waals surface area (Å²) in [6.45, 7) is 6.28. The van der Waals surface area contributed by atoms with Crippen molar-refractivity contribution in [3.63, 3.8) is 0 Å². The second-order valence-electron chi connectivity index (χ2n) is 5.27. The lowest BCUT2D eigenvalue weighted by molar-refractivity contribution is -0.0289. The van der Waals surface area contributed by atoms with Gasteiger partial charge in [-0.05, 0) is 25.8 Å². The van der Waals surface area contributed by atoms with Crippen molar-refractivity contribution in [1.82, 2.24) is 20.0 Å². The molecule has 0 spiro atoms. The zero-order valence-corrected chi connectivity index (χ0v) is 12.5. The SMILES string of the molecule is CCn1nccc1[C@@H]1OCCC[C@H]1CNc1nnc(C)o1. The van der Waals surface area contributed by atoms with Gasteiger partial charge in [0.05, 0.1) is 5.69 Å². The summed E-state index contributed by atoms with van der Waals surface area (Å²) in [5.74, 6) is 0.936. The molecule has 7 heteroatoms. The number of rotatable bonds is 5. The predicted octanol–water partition coefficient (Wildman–Crippen LogP) is 2.17. The highest BCUT2D eigenvalue weighted by molar-refractivity contribution is 5.18. The quantitative estimate of drug-likeness (QED) is 0.909. The van der Waals surface area contributed by atoms with E-state index in [0.29, 0.717) is 17.8 Å². The summed E-state index contributed by atoms with van der Waals surface area (Å²) < 4.78 is 13.4. The second kappa shape index (κ2) is 6.26. The zero-order chi connectivity index (χ0) is 14.7. The first-order valence-corrected chi connectivity index (χ1v) is 7.45. The molecule has 1 aliphatic rings. The van der Waals surface area contributed by atoms with E-state index in [1.165, 1.54) is 0 Å². The number of anilines is 1. The van der Waals surface area contributed by atoms with Gasteiger partial charge >= 0.3 is 6.01 Å². The molecule has 2 atom stereocenters. The summed E-state index contributed by atoms with van der Waals surface area (Å²) in [4.78, 5) is 0. The number of hydrogen-bond donors (Lipinski definition) is 1. The van der Waals surface area contributed by atoms with Gasteiger partial charge in [0.15, 0.2) is 0 Å². The van der Waals surface area contributed by atoms with Crippen LogP contribution in [0, 0.1) is 12.8 Å². The Morgan fingerprint density at radius 3 is 3.10 bits per heavy atom. The van der Waals surface area contributed by atoms with Gasteiger partial charge < -0.3 is 14.5 Å². The summed E-state index contributed by atoms with van der Waals surface area (Å²) in [6.07, 6.45) is 4.09. The lowest BCUT2D eigenvalue weighted by Gasteiger charge is -2.32. The Labute approximate surface area is 123 Å². The minimum Gasteiger partial charge on any atom is -0.408 e. The molecule has 0 saturated carbocycles. The molecule has 3 rings (SSSR count). The number of hydrogen-bond acceptors (Lipinski definition) is 6.